The van der Waals surface area contributed by atoms with Gasteiger partial charge in [0.05, 0.1) is 9.92 Å². The zero-order valence-electron chi connectivity index (χ0n) is 12.0. The summed E-state index contributed by atoms with van der Waals surface area (Å²) in [5.74, 6) is -0.602. The fourth-order valence-corrected chi connectivity index (χ4v) is 5.09. The lowest BCUT2D eigenvalue weighted by Gasteiger charge is -2.21. The molecule has 1 unspecified atom stereocenters. The second-order valence-electron chi connectivity index (χ2n) is 5.64. The molecule has 2 heterocycles. The van der Waals surface area contributed by atoms with E-state index in [9.17, 15) is 18.3 Å². The minimum atomic E-state index is -3.88. The van der Waals surface area contributed by atoms with Gasteiger partial charge in [-0.25, -0.2) is 8.42 Å². The van der Waals surface area contributed by atoms with Crippen molar-refractivity contribution in [2.75, 3.05) is 6.54 Å². The number of ether oxygens (including phenoxy) is 1. The summed E-state index contributed by atoms with van der Waals surface area (Å²) in [6.07, 6.45) is 1.40. The van der Waals surface area contributed by atoms with E-state index in [4.69, 9.17) is 16.3 Å². The number of carbonyl (C=O) groups is 1. The number of aliphatic carboxylic acids is 1. The minimum absolute atomic E-state index is 0.0297. The Morgan fingerprint density at radius 3 is 2.86 bits per heavy atom. The normalized spacial score (nSPS) is 25.0. The average Bonchev–Trinajstić information content (AvgIpc) is 3.04. The van der Waals surface area contributed by atoms with E-state index >= 15 is 0 Å². The number of hydrogen-bond donors (Lipinski definition) is 1. The molecule has 0 saturated carbocycles. The molecule has 3 rings (SSSR count). The van der Waals surface area contributed by atoms with Crippen LogP contribution in [0.25, 0.3) is 0 Å². The van der Waals surface area contributed by atoms with Gasteiger partial charge in [-0.05, 0) is 31.9 Å². The predicted octanol–water partition coefficient (Wildman–Crippen LogP) is 1.90. The number of rotatable bonds is 3. The predicted molar refractivity (Wildman–Crippen MR) is 79.8 cm³/mol. The van der Waals surface area contributed by atoms with Gasteiger partial charge in [-0.1, -0.05) is 11.6 Å². The molecule has 0 spiro atoms. The zero-order valence-corrected chi connectivity index (χ0v) is 13.5. The van der Waals surface area contributed by atoms with Crippen molar-refractivity contribution in [3.05, 3.63) is 22.7 Å². The van der Waals surface area contributed by atoms with Gasteiger partial charge in [-0.2, -0.15) is 4.31 Å². The van der Waals surface area contributed by atoms with Crippen molar-refractivity contribution in [3.63, 3.8) is 0 Å². The minimum Gasteiger partial charge on any atom is -0.489 e. The fraction of sp³-hybridized carbons (Fsp3) is 0.500. The quantitative estimate of drug-likeness (QED) is 0.904. The average molecular weight is 346 g/mol. The molecule has 8 heteroatoms. The third kappa shape index (κ3) is 2.47. The Morgan fingerprint density at radius 2 is 2.18 bits per heavy atom. The third-order valence-electron chi connectivity index (χ3n) is 4.02. The first-order valence-electron chi connectivity index (χ1n) is 7.04. The summed E-state index contributed by atoms with van der Waals surface area (Å²) in [5.41, 5.74) is 0.740. The van der Waals surface area contributed by atoms with Gasteiger partial charge in [-0.3, -0.25) is 4.79 Å². The molecule has 6 nitrogen and oxygen atoms in total. The van der Waals surface area contributed by atoms with Gasteiger partial charge in [0.2, 0.25) is 10.0 Å². The summed E-state index contributed by atoms with van der Waals surface area (Å²) in [6, 6.07) is 1.87. The van der Waals surface area contributed by atoms with Crippen LogP contribution in [0.4, 0.5) is 0 Å². The third-order valence-corrected chi connectivity index (χ3v) is 6.18. The van der Waals surface area contributed by atoms with E-state index < -0.39 is 22.0 Å². The molecule has 1 fully saturated rings. The van der Waals surface area contributed by atoms with Crippen LogP contribution in [-0.4, -0.2) is 42.5 Å². The number of benzene rings is 1. The van der Waals surface area contributed by atoms with Crippen molar-refractivity contribution in [1.29, 1.82) is 0 Å². The molecule has 1 N–H and O–H groups in total. The monoisotopic (exact) mass is 345 g/mol. The Bertz CT molecular complexity index is 733. The van der Waals surface area contributed by atoms with Gasteiger partial charge in [-0.15, -0.1) is 0 Å². The SMILES string of the molecule is CC1Cc2cc(S(=O)(=O)N3CCC[C@H]3C(=O)O)cc(Cl)c2O1. The number of sulfonamides is 1. The molecule has 1 aromatic rings. The van der Waals surface area contributed by atoms with Gasteiger partial charge >= 0.3 is 5.97 Å². The molecule has 0 aromatic heterocycles. The van der Waals surface area contributed by atoms with Crippen LogP contribution < -0.4 is 4.74 Å². The topological polar surface area (TPSA) is 83.9 Å². The van der Waals surface area contributed by atoms with Gasteiger partial charge in [0.1, 0.15) is 17.9 Å². The lowest BCUT2D eigenvalue weighted by molar-refractivity contribution is -0.140. The van der Waals surface area contributed by atoms with E-state index in [-0.39, 0.29) is 22.6 Å². The van der Waals surface area contributed by atoms with Crippen LogP contribution in [0.3, 0.4) is 0 Å². The first-order valence-corrected chi connectivity index (χ1v) is 8.86. The molecule has 2 atom stereocenters. The molecule has 2 aliphatic heterocycles. The Hall–Kier alpha value is -1.31. The van der Waals surface area contributed by atoms with Crippen molar-refractivity contribution in [2.45, 2.75) is 43.2 Å². The first-order chi connectivity index (χ1) is 10.3. The van der Waals surface area contributed by atoms with E-state index in [1.807, 2.05) is 6.92 Å². The molecule has 2 aliphatic rings. The standard InChI is InChI=1S/C14H16ClNO5S/c1-8-5-9-6-10(7-11(15)13(9)21-8)22(19,20)16-4-2-3-12(16)14(17)18/h6-8,12H,2-5H2,1H3,(H,17,18)/t8?,12-/m0/s1. The lowest BCUT2D eigenvalue weighted by atomic mass is 10.1. The Kier molecular flexibility index (Phi) is 3.82. The van der Waals surface area contributed by atoms with Crippen LogP contribution in [0.2, 0.25) is 5.02 Å². The van der Waals surface area contributed by atoms with Gasteiger partial charge < -0.3 is 9.84 Å². The van der Waals surface area contributed by atoms with Crippen LogP contribution in [0.1, 0.15) is 25.3 Å². The van der Waals surface area contributed by atoms with Crippen molar-refractivity contribution in [3.8, 4) is 5.75 Å². The number of nitrogens with zero attached hydrogens (tertiary/aromatic N) is 1. The molecule has 0 aliphatic carbocycles. The second kappa shape index (κ2) is 5.40. The molecule has 1 saturated heterocycles. The number of carboxylic acids is 1. The summed E-state index contributed by atoms with van der Waals surface area (Å²) < 4.78 is 32.1. The lowest BCUT2D eigenvalue weighted by Crippen LogP contribution is -2.40. The summed E-state index contributed by atoms with van der Waals surface area (Å²) in [6.45, 7) is 2.09. The van der Waals surface area contributed by atoms with Crippen molar-refractivity contribution >= 4 is 27.6 Å². The molecule has 120 valence electrons. The molecule has 0 bridgehead atoms. The molecular formula is C14H16ClNO5S. The van der Waals surface area contributed by atoms with Gasteiger partial charge in [0.25, 0.3) is 0 Å². The van der Waals surface area contributed by atoms with Crippen LogP contribution in [0.15, 0.2) is 17.0 Å². The van der Waals surface area contributed by atoms with Crippen LogP contribution in [-0.2, 0) is 21.2 Å². The van der Waals surface area contributed by atoms with Crippen LogP contribution in [0.5, 0.6) is 5.75 Å². The molecule has 22 heavy (non-hydrogen) atoms. The largest absolute Gasteiger partial charge is 0.489 e. The van der Waals surface area contributed by atoms with E-state index in [0.717, 1.165) is 9.87 Å². The smallest absolute Gasteiger partial charge is 0.322 e. The molecule has 1 aromatic carbocycles. The maximum atomic E-state index is 12.7. The Morgan fingerprint density at radius 1 is 1.45 bits per heavy atom. The molecular weight excluding hydrogens is 330 g/mol. The van der Waals surface area contributed by atoms with Crippen molar-refractivity contribution < 1.29 is 23.1 Å². The second-order valence-corrected chi connectivity index (χ2v) is 7.94. The highest BCUT2D eigenvalue weighted by atomic mass is 35.5. The van der Waals surface area contributed by atoms with Crippen LogP contribution >= 0.6 is 11.6 Å². The van der Waals surface area contributed by atoms with Crippen LogP contribution in [0, 0.1) is 0 Å². The highest BCUT2D eigenvalue weighted by Crippen LogP contribution is 2.39. The molecule has 0 amide bonds. The fourth-order valence-electron chi connectivity index (χ4n) is 3.02. The summed E-state index contributed by atoms with van der Waals surface area (Å²) in [5, 5.41) is 9.43. The Labute approximate surface area is 133 Å². The first kappa shape index (κ1) is 15.6. The number of hydrogen-bond acceptors (Lipinski definition) is 4. The Balaban J connectivity index is 2.02. The highest BCUT2D eigenvalue weighted by molar-refractivity contribution is 7.89. The van der Waals surface area contributed by atoms with E-state index in [0.29, 0.717) is 25.0 Å². The van der Waals surface area contributed by atoms with E-state index in [1.165, 1.54) is 12.1 Å². The maximum absolute atomic E-state index is 12.7. The van der Waals surface area contributed by atoms with Gasteiger partial charge in [0.15, 0.2) is 0 Å². The van der Waals surface area contributed by atoms with Crippen molar-refractivity contribution in [2.24, 2.45) is 0 Å². The number of halogens is 1. The summed E-state index contributed by atoms with van der Waals surface area (Å²) in [4.78, 5) is 11.3. The zero-order chi connectivity index (χ0) is 16.1. The highest BCUT2D eigenvalue weighted by Gasteiger charge is 2.40. The maximum Gasteiger partial charge on any atom is 0.322 e. The number of carboxylic acid groups (broad SMARTS) is 1. The van der Waals surface area contributed by atoms with E-state index in [1.54, 1.807) is 0 Å². The molecule has 0 radical (unpaired) electrons. The number of fused-ring (bicyclic) bond motifs is 1. The summed E-state index contributed by atoms with van der Waals surface area (Å²) in [7, 11) is -3.88. The van der Waals surface area contributed by atoms with Gasteiger partial charge in [0, 0.05) is 18.5 Å². The summed E-state index contributed by atoms with van der Waals surface area (Å²) >= 11 is 6.13. The van der Waals surface area contributed by atoms with Crippen molar-refractivity contribution in [1.82, 2.24) is 4.31 Å². The van der Waals surface area contributed by atoms with E-state index in [2.05, 4.69) is 0 Å².